The van der Waals surface area contributed by atoms with Crippen LogP contribution in [0, 0.1) is 0 Å². The summed E-state index contributed by atoms with van der Waals surface area (Å²) in [6.07, 6.45) is 3.45. The van der Waals surface area contributed by atoms with Crippen LogP contribution in [0.3, 0.4) is 0 Å². The van der Waals surface area contributed by atoms with Gasteiger partial charge in [0.1, 0.15) is 0 Å². The van der Waals surface area contributed by atoms with Gasteiger partial charge in [-0.05, 0) is 24.3 Å². The lowest BCUT2D eigenvalue weighted by Crippen LogP contribution is -2.37. The van der Waals surface area contributed by atoms with Crippen LogP contribution in [0.1, 0.15) is 28.9 Å². The fraction of sp³-hybridized carbons (Fsp3) is 0.500. The van der Waals surface area contributed by atoms with E-state index in [4.69, 9.17) is 0 Å². The number of nitrogens with one attached hydrogen (secondary N) is 1. The first-order valence-corrected chi connectivity index (χ1v) is 6.55. The summed E-state index contributed by atoms with van der Waals surface area (Å²) in [4.78, 5) is 12.9. The number of amides is 1. The third-order valence-electron chi connectivity index (χ3n) is 2.49. The lowest BCUT2D eigenvalue weighted by Gasteiger charge is -2.15. The van der Waals surface area contributed by atoms with E-state index in [0.29, 0.717) is 10.9 Å². The molecule has 0 radical (unpaired) electrons. The molecule has 0 aliphatic heterocycles. The normalized spacial score (nSPS) is 26.4. The number of thiophene rings is 1. The molecule has 0 aromatic carbocycles. The van der Waals surface area contributed by atoms with E-state index in [0.717, 1.165) is 17.7 Å². The van der Waals surface area contributed by atoms with Crippen molar-refractivity contribution in [1.82, 2.24) is 5.32 Å². The molecule has 0 saturated heterocycles. The highest BCUT2D eigenvalue weighted by molar-refractivity contribution is 9.09. The van der Waals surface area contributed by atoms with Crippen molar-refractivity contribution in [2.24, 2.45) is 0 Å². The molecule has 1 heterocycles. The van der Waals surface area contributed by atoms with Crippen LogP contribution in [0.4, 0.5) is 0 Å². The Morgan fingerprint density at radius 3 is 3.00 bits per heavy atom. The fourth-order valence-corrected chi connectivity index (χ4v) is 3.07. The van der Waals surface area contributed by atoms with Crippen molar-refractivity contribution in [1.29, 1.82) is 0 Å². The molecule has 1 N–H and O–H groups in total. The number of carbonyl (C=O) groups excluding carboxylic acids is 1. The maximum absolute atomic E-state index is 11.7. The van der Waals surface area contributed by atoms with Gasteiger partial charge in [0.15, 0.2) is 0 Å². The predicted octanol–water partition coefficient (Wildman–Crippen LogP) is 2.79. The van der Waals surface area contributed by atoms with Crippen LogP contribution in [-0.2, 0) is 0 Å². The Kier molecular flexibility index (Phi) is 3.23. The fourth-order valence-electron chi connectivity index (χ4n) is 1.72. The molecule has 2 unspecified atom stereocenters. The molecule has 4 heteroatoms. The van der Waals surface area contributed by atoms with E-state index in [1.165, 1.54) is 17.8 Å². The maximum Gasteiger partial charge on any atom is 0.261 e. The number of carbonyl (C=O) groups is 1. The van der Waals surface area contributed by atoms with Gasteiger partial charge in [0.25, 0.3) is 5.91 Å². The third kappa shape index (κ3) is 2.17. The second kappa shape index (κ2) is 4.45. The lowest BCUT2D eigenvalue weighted by molar-refractivity contribution is 0.0943. The standard InChI is InChI=1S/C10H12BrNOS/c11-7-3-1-4-8(7)12-10(13)9-5-2-6-14-9/h2,5-8H,1,3-4H2,(H,12,13). The van der Waals surface area contributed by atoms with Crippen LogP contribution in [0.2, 0.25) is 0 Å². The van der Waals surface area contributed by atoms with Gasteiger partial charge in [-0.2, -0.15) is 0 Å². The zero-order valence-corrected chi connectivity index (χ0v) is 10.1. The van der Waals surface area contributed by atoms with E-state index >= 15 is 0 Å². The number of hydrogen-bond donors (Lipinski definition) is 1. The second-order valence-electron chi connectivity index (χ2n) is 3.50. The summed E-state index contributed by atoms with van der Waals surface area (Å²) in [7, 11) is 0. The second-order valence-corrected chi connectivity index (χ2v) is 5.63. The van der Waals surface area contributed by atoms with Crippen molar-refractivity contribution in [2.45, 2.75) is 30.1 Å². The summed E-state index contributed by atoms with van der Waals surface area (Å²) in [5, 5.41) is 4.98. The molecule has 0 bridgehead atoms. The highest BCUT2D eigenvalue weighted by Gasteiger charge is 2.26. The summed E-state index contributed by atoms with van der Waals surface area (Å²) in [6, 6.07) is 4.07. The van der Waals surface area contributed by atoms with E-state index in [9.17, 15) is 4.79 Å². The van der Waals surface area contributed by atoms with Crippen molar-refractivity contribution >= 4 is 33.2 Å². The van der Waals surface area contributed by atoms with E-state index in [-0.39, 0.29) is 5.91 Å². The molecular weight excluding hydrogens is 262 g/mol. The monoisotopic (exact) mass is 273 g/mol. The van der Waals surface area contributed by atoms with Crippen molar-refractivity contribution < 1.29 is 4.79 Å². The number of alkyl halides is 1. The number of hydrogen-bond acceptors (Lipinski definition) is 2. The maximum atomic E-state index is 11.7. The molecule has 1 amide bonds. The van der Waals surface area contributed by atoms with Gasteiger partial charge in [-0.3, -0.25) is 4.79 Å². The van der Waals surface area contributed by atoms with Gasteiger partial charge in [0.2, 0.25) is 0 Å². The predicted molar refractivity (Wildman–Crippen MR) is 62.1 cm³/mol. The third-order valence-corrected chi connectivity index (χ3v) is 4.46. The minimum Gasteiger partial charge on any atom is -0.347 e. The smallest absolute Gasteiger partial charge is 0.261 e. The van der Waals surface area contributed by atoms with Gasteiger partial charge >= 0.3 is 0 Å². The van der Waals surface area contributed by atoms with Crippen LogP contribution in [0.25, 0.3) is 0 Å². The molecule has 76 valence electrons. The topological polar surface area (TPSA) is 29.1 Å². The lowest BCUT2D eigenvalue weighted by atomic mass is 10.2. The Balaban J connectivity index is 1.95. The average Bonchev–Trinajstić information content (AvgIpc) is 2.77. The van der Waals surface area contributed by atoms with Crippen LogP contribution in [-0.4, -0.2) is 16.8 Å². The molecule has 2 rings (SSSR count). The average molecular weight is 274 g/mol. The number of rotatable bonds is 2. The Bertz CT molecular complexity index is 312. The van der Waals surface area contributed by atoms with Crippen LogP contribution in [0.5, 0.6) is 0 Å². The summed E-state index contributed by atoms with van der Waals surface area (Å²) in [5.74, 6) is 0.0661. The van der Waals surface area contributed by atoms with Crippen LogP contribution < -0.4 is 5.32 Å². The highest BCUT2D eigenvalue weighted by Crippen LogP contribution is 2.26. The highest BCUT2D eigenvalue weighted by atomic mass is 79.9. The van der Waals surface area contributed by atoms with Gasteiger partial charge in [-0.1, -0.05) is 28.4 Å². The minimum atomic E-state index is 0.0661. The summed E-state index contributed by atoms with van der Waals surface area (Å²) < 4.78 is 0. The quantitative estimate of drug-likeness (QED) is 0.825. The Labute approximate surface area is 95.8 Å². The van der Waals surface area contributed by atoms with Crippen molar-refractivity contribution in [3.05, 3.63) is 22.4 Å². The van der Waals surface area contributed by atoms with Gasteiger partial charge in [-0.25, -0.2) is 0 Å². The van der Waals surface area contributed by atoms with E-state index in [1.807, 2.05) is 17.5 Å². The Morgan fingerprint density at radius 2 is 2.43 bits per heavy atom. The first-order valence-electron chi connectivity index (χ1n) is 4.76. The first kappa shape index (κ1) is 10.2. The minimum absolute atomic E-state index is 0.0661. The van der Waals surface area contributed by atoms with Crippen molar-refractivity contribution in [3.8, 4) is 0 Å². The van der Waals surface area contributed by atoms with Gasteiger partial charge in [-0.15, -0.1) is 11.3 Å². The van der Waals surface area contributed by atoms with Gasteiger partial charge in [0, 0.05) is 10.9 Å². The van der Waals surface area contributed by atoms with E-state index < -0.39 is 0 Å². The summed E-state index contributed by atoms with van der Waals surface area (Å²) in [5.41, 5.74) is 0. The molecule has 1 saturated carbocycles. The van der Waals surface area contributed by atoms with Crippen LogP contribution in [0.15, 0.2) is 17.5 Å². The Morgan fingerprint density at radius 1 is 1.57 bits per heavy atom. The molecule has 1 aliphatic carbocycles. The summed E-state index contributed by atoms with van der Waals surface area (Å²) >= 11 is 5.07. The zero-order valence-electron chi connectivity index (χ0n) is 7.70. The summed E-state index contributed by atoms with van der Waals surface area (Å²) in [6.45, 7) is 0. The van der Waals surface area contributed by atoms with Crippen LogP contribution >= 0.6 is 27.3 Å². The molecule has 14 heavy (non-hydrogen) atoms. The first-order chi connectivity index (χ1) is 6.77. The molecule has 1 aliphatic rings. The largest absolute Gasteiger partial charge is 0.347 e. The van der Waals surface area contributed by atoms with E-state index in [1.54, 1.807) is 0 Å². The van der Waals surface area contributed by atoms with Gasteiger partial charge < -0.3 is 5.32 Å². The van der Waals surface area contributed by atoms with Gasteiger partial charge in [0.05, 0.1) is 4.88 Å². The van der Waals surface area contributed by atoms with Crippen molar-refractivity contribution in [2.75, 3.05) is 0 Å². The molecular formula is C10H12BrNOS. The molecule has 1 aromatic heterocycles. The molecule has 2 nitrogen and oxygen atoms in total. The SMILES string of the molecule is O=C(NC1CCCC1Br)c1cccs1. The molecule has 1 aromatic rings. The van der Waals surface area contributed by atoms with E-state index in [2.05, 4.69) is 21.2 Å². The molecule has 0 spiro atoms. The Hall–Kier alpha value is -0.350. The zero-order chi connectivity index (χ0) is 9.97. The van der Waals surface area contributed by atoms with Crippen molar-refractivity contribution in [3.63, 3.8) is 0 Å². The number of halogens is 1. The molecule has 1 fully saturated rings. The molecule has 2 atom stereocenters.